The third-order valence-corrected chi connectivity index (χ3v) is 0.565. The summed E-state index contributed by atoms with van der Waals surface area (Å²) in [4.78, 5) is 0. The molecule has 0 bridgehead atoms. The lowest BCUT2D eigenvalue weighted by Gasteiger charge is -2.00. The molecule has 8 heavy (non-hydrogen) atoms. The predicted octanol–water partition coefficient (Wildman–Crippen LogP) is 2.11. The van der Waals surface area contributed by atoms with Crippen LogP contribution >= 0.6 is 0 Å². The highest BCUT2D eigenvalue weighted by Gasteiger charge is 1.82. The van der Waals surface area contributed by atoms with Gasteiger partial charge in [-0.1, -0.05) is 12.7 Å². The molecule has 0 aromatic carbocycles. The number of allylic oxidation sites excluding steroid dienone is 2. The van der Waals surface area contributed by atoms with Crippen molar-refractivity contribution in [1.82, 2.24) is 0 Å². The maximum atomic E-state index is 5.03. The zero-order chi connectivity index (χ0) is 6.41. The summed E-state index contributed by atoms with van der Waals surface area (Å²) in [5.41, 5.74) is 0. The first-order chi connectivity index (χ1) is 3.77. The molecular formula is C7H12O. The normalized spacial score (nSPS) is 10.4. The Kier molecular flexibility index (Phi) is 4.04. The second kappa shape index (κ2) is 4.44. The summed E-state index contributed by atoms with van der Waals surface area (Å²) in [5.74, 6) is 0. The monoisotopic (exact) mass is 112 g/mol. The Bertz CT molecular complexity index is 82.4. The van der Waals surface area contributed by atoms with Crippen molar-refractivity contribution in [3.63, 3.8) is 0 Å². The molecule has 0 aromatic rings. The summed E-state index contributed by atoms with van der Waals surface area (Å²) in [6.07, 6.45) is 5.35. The minimum Gasteiger partial charge on any atom is -0.499 e. The number of rotatable bonds is 3. The van der Waals surface area contributed by atoms with E-state index in [9.17, 15) is 0 Å². The quantitative estimate of drug-likeness (QED) is 0.401. The summed E-state index contributed by atoms with van der Waals surface area (Å²) in [6.45, 7) is 7.45. The van der Waals surface area contributed by atoms with Gasteiger partial charge in [-0.15, -0.1) is 0 Å². The smallest absolute Gasteiger partial charge is 0.0922 e. The van der Waals surface area contributed by atoms with Gasteiger partial charge in [0, 0.05) is 0 Å². The van der Waals surface area contributed by atoms with Crippen LogP contribution in [0.25, 0.3) is 0 Å². The molecule has 0 aliphatic carbocycles. The molecule has 0 fully saturated rings. The van der Waals surface area contributed by atoms with Crippen molar-refractivity contribution in [3.05, 3.63) is 25.0 Å². The van der Waals surface area contributed by atoms with Crippen LogP contribution in [-0.2, 0) is 4.74 Å². The van der Waals surface area contributed by atoms with Gasteiger partial charge in [-0.25, -0.2) is 0 Å². The predicted molar refractivity (Wildman–Crippen MR) is 35.6 cm³/mol. The topological polar surface area (TPSA) is 9.23 Å². The van der Waals surface area contributed by atoms with Gasteiger partial charge >= 0.3 is 0 Å². The number of ether oxygens (including phenoxy) is 1. The van der Waals surface area contributed by atoms with Gasteiger partial charge in [-0.2, -0.15) is 0 Å². The molecule has 0 atom stereocenters. The van der Waals surface area contributed by atoms with Crippen LogP contribution in [0.5, 0.6) is 0 Å². The van der Waals surface area contributed by atoms with Crippen LogP contribution in [0.1, 0.15) is 13.8 Å². The van der Waals surface area contributed by atoms with Gasteiger partial charge in [0.25, 0.3) is 0 Å². The largest absolute Gasteiger partial charge is 0.499 e. The maximum absolute atomic E-state index is 5.03. The lowest BCUT2D eigenvalue weighted by atomic mass is 10.5. The Morgan fingerprint density at radius 3 is 2.50 bits per heavy atom. The molecule has 1 nitrogen and oxygen atoms in total. The number of hydrogen-bond donors (Lipinski definition) is 0. The summed E-state index contributed by atoms with van der Waals surface area (Å²) < 4.78 is 5.03. The van der Waals surface area contributed by atoms with Crippen molar-refractivity contribution < 1.29 is 4.74 Å². The lowest BCUT2D eigenvalue weighted by Crippen LogP contribution is -1.93. The van der Waals surface area contributed by atoms with Gasteiger partial charge in [0.1, 0.15) is 0 Å². The molecule has 0 saturated carbocycles. The summed E-state index contributed by atoms with van der Waals surface area (Å²) in [5, 5.41) is 0. The molecule has 0 aromatic heterocycles. The van der Waals surface area contributed by atoms with Crippen LogP contribution in [0.2, 0.25) is 0 Å². The van der Waals surface area contributed by atoms with Gasteiger partial charge in [-0.05, 0) is 19.9 Å². The van der Waals surface area contributed by atoms with Gasteiger partial charge in [-0.3, -0.25) is 0 Å². The van der Waals surface area contributed by atoms with E-state index in [1.54, 1.807) is 18.4 Å². The highest BCUT2D eigenvalue weighted by atomic mass is 16.5. The van der Waals surface area contributed by atoms with Gasteiger partial charge in [0.2, 0.25) is 0 Å². The zero-order valence-corrected chi connectivity index (χ0v) is 5.42. The molecule has 0 aliphatic rings. The second-order valence-electron chi connectivity index (χ2n) is 1.75. The van der Waals surface area contributed by atoms with Crippen molar-refractivity contribution >= 4 is 0 Å². The van der Waals surface area contributed by atoms with Gasteiger partial charge in [0.15, 0.2) is 0 Å². The molecule has 0 aliphatic heterocycles. The van der Waals surface area contributed by atoms with Crippen molar-refractivity contribution in [2.45, 2.75) is 20.0 Å². The zero-order valence-electron chi connectivity index (χ0n) is 5.42. The van der Waals surface area contributed by atoms with Crippen LogP contribution in [0.15, 0.2) is 25.0 Å². The standard InChI is InChI=1S/C7H12O/c1-4-5-6-8-7(2)3/h4-7H,1H2,2-3H3. The van der Waals surface area contributed by atoms with E-state index in [1.165, 1.54) is 0 Å². The molecule has 0 rings (SSSR count). The number of hydrogen-bond acceptors (Lipinski definition) is 1. The van der Waals surface area contributed by atoms with Crippen LogP contribution in [-0.4, -0.2) is 6.10 Å². The molecule has 0 unspecified atom stereocenters. The molecule has 0 radical (unpaired) electrons. The molecule has 1 heteroatoms. The first kappa shape index (κ1) is 7.28. The average molecular weight is 112 g/mol. The first-order valence-electron chi connectivity index (χ1n) is 2.70. The van der Waals surface area contributed by atoms with Crippen molar-refractivity contribution in [3.8, 4) is 0 Å². The Labute approximate surface area is 50.7 Å². The van der Waals surface area contributed by atoms with Crippen LogP contribution < -0.4 is 0 Å². The fourth-order valence-electron chi connectivity index (χ4n) is 0.258. The van der Waals surface area contributed by atoms with Gasteiger partial charge < -0.3 is 4.74 Å². The van der Waals surface area contributed by atoms with Crippen LogP contribution in [0.3, 0.4) is 0 Å². The van der Waals surface area contributed by atoms with Crippen molar-refractivity contribution in [2.75, 3.05) is 0 Å². The van der Waals surface area contributed by atoms with E-state index in [0.717, 1.165) is 0 Å². The highest BCUT2D eigenvalue weighted by molar-refractivity contribution is 4.92. The summed E-state index contributed by atoms with van der Waals surface area (Å²) in [7, 11) is 0. The molecule has 46 valence electrons. The fraction of sp³-hybridized carbons (Fsp3) is 0.429. The third-order valence-electron chi connectivity index (χ3n) is 0.565. The van der Waals surface area contributed by atoms with E-state index in [4.69, 9.17) is 4.74 Å². The van der Waals surface area contributed by atoms with Crippen molar-refractivity contribution in [1.29, 1.82) is 0 Å². The fourth-order valence-corrected chi connectivity index (χ4v) is 0.258. The first-order valence-corrected chi connectivity index (χ1v) is 2.70. The summed E-state index contributed by atoms with van der Waals surface area (Å²) >= 11 is 0. The van der Waals surface area contributed by atoms with Crippen LogP contribution in [0.4, 0.5) is 0 Å². The van der Waals surface area contributed by atoms with Crippen LogP contribution in [0, 0.1) is 0 Å². The third kappa shape index (κ3) is 5.28. The molecule has 0 spiro atoms. The van der Waals surface area contributed by atoms with E-state index in [-0.39, 0.29) is 6.10 Å². The second-order valence-corrected chi connectivity index (χ2v) is 1.75. The lowest BCUT2D eigenvalue weighted by molar-refractivity contribution is 0.179. The summed E-state index contributed by atoms with van der Waals surface area (Å²) in [6, 6.07) is 0. The Hall–Kier alpha value is -0.720. The molecule has 0 heterocycles. The van der Waals surface area contributed by atoms with E-state index in [2.05, 4.69) is 6.58 Å². The Morgan fingerprint density at radius 1 is 1.50 bits per heavy atom. The van der Waals surface area contributed by atoms with Gasteiger partial charge in [0.05, 0.1) is 12.4 Å². The van der Waals surface area contributed by atoms with E-state index >= 15 is 0 Å². The Morgan fingerprint density at radius 2 is 2.12 bits per heavy atom. The van der Waals surface area contributed by atoms with Crippen molar-refractivity contribution in [2.24, 2.45) is 0 Å². The maximum Gasteiger partial charge on any atom is 0.0922 e. The SMILES string of the molecule is C=CC=COC(C)C. The highest BCUT2D eigenvalue weighted by Crippen LogP contribution is 1.87. The van der Waals surface area contributed by atoms with E-state index < -0.39 is 0 Å². The molecular weight excluding hydrogens is 100 g/mol. The minimum atomic E-state index is 0.270. The minimum absolute atomic E-state index is 0.270. The van der Waals surface area contributed by atoms with E-state index in [0.29, 0.717) is 0 Å². The average Bonchev–Trinajstić information content (AvgIpc) is 1.66. The van der Waals surface area contributed by atoms with E-state index in [1.807, 2.05) is 13.8 Å². The molecule has 0 amide bonds. The molecule has 0 saturated heterocycles. The molecule has 0 N–H and O–H groups in total. The Balaban J connectivity index is 3.15.